The molecule has 0 bridgehead atoms. The number of hydrogen-bond acceptors (Lipinski definition) is 2. The van der Waals surface area contributed by atoms with Gasteiger partial charge < -0.3 is 10.1 Å². The number of ether oxygens (including phenoxy) is 1. The average molecular weight is 303 g/mol. The maximum atomic E-state index is 12.7. The molecule has 0 fully saturated rings. The Kier molecular flexibility index (Phi) is 5.82. The fourth-order valence-electron chi connectivity index (χ4n) is 2.36. The largest absolute Gasteiger partial charge is 0.416 e. The molecule has 0 heterocycles. The molecule has 5 heteroatoms. The van der Waals surface area contributed by atoms with E-state index < -0.39 is 11.7 Å². The second kappa shape index (κ2) is 6.79. The summed E-state index contributed by atoms with van der Waals surface area (Å²) in [4.78, 5) is 0. The lowest BCUT2D eigenvalue weighted by atomic mass is 9.90. The number of methoxy groups -OCH3 is 1. The van der Waals surface area contributed by atoms with Crippen LogP contribution in [0.5, 0.6) is 0 Å². The van der Waals surface area contributed by atoms with Crippen molar-refractivity contribution in [2.75, 3.05) is 13.7 Å². The molecule has 1 N–H and O–H groups in total. The van der Waals surface area contributed by atoms with Crippen LogP contribution in [0, 0.1) is 6.92 Å². The second-order valence-corrected chi connectivity index (χ2v) is 5.85. The van der Waals surface area contributed by atoms with Crippen molar-refractivity contribution in [2.24, 2.45) is 0 Å². The summed E-state index contributed by atoms with van der Waals surface area (Å²) in [6.07, 6.45) is -3.62. The first-order valence-electron chi connectivity index (χ1n) is 7.07. The first-order valence-corrected chi connectivity index (χ1v) is 7.07. The molecule has 1 rings (SSSR count). The molecule has 0 saturated heterocycles. The van der Waals surface area contributed by atoms with E-state index in [4.69, 9.17) is 4.74 Å². The molecule has 0 amide bonds. The van der Waals surface area contributed by atoms with Crippen molar-refractivity contribution in [3.05, 3.63) is 34.9 Å². The van der Waals surface area contributed by atoms with Crippen molar-refractivity contribution >= 4 is 0 Å². The van der Waals surface area contributed by atoms with Crippen molar-refractivity contribution in [1.29, 1.82) is 0 Å². The number of halogens is 3. The zero-order chi connectivity index (χ0) is 16.3. The van der Waals surface area contributed by atoms with E-state index in [1.807, 2.05) is 20.8 Å². The van der Waals surface area contributed by atoms with Gasteiger partial charge in [0, 0.05) is 13.2 Å². The Balaban J connectivity index is 3.09. The third-order valence-corrected chi connectivity index (χ3v) is 3.67. The van der Waals surface area contributed by atoms with Crippen LogP contribution in [0.15, 0.2) is 18.2 Å². The fourth-order valence-corrected chi connectivity index (χ4v) is 2.36. The molecule has 1 atom stereocenters. The topological polar surface area (TPSA) is 21.3 Å². The van der Waals surface area contributed by atoms with Gasteiger partial charge in [0.05, 0.1) is 11.2 Å². The van der Waals surface area contributed by atoms with Gasteiger partial charge in [0.1, 0.15) is 0 Å². The first-order chi connectivity index (χ1) is 9.60. The van der Waals surface area contributed by atoms with Crippen LogP contribution in [0.1, 0.15) is 49.9 Å². The smallest absolute Gasteiger partial charge is 0.379 e. The summed E-state index contributed by atoms with van der Waals surface area (Å²) in [5.74, 6) is 0. The third-order valence-electron chi connectivity index (χ3n) is 3.67. The Morgan fingerprint density at radius 3 is 2.29 bits per heavy atom. The number of aryl methyl sites for hydroxylation is 1. The van der Waals surface area contributed by atoms with Crippen molar-refractivity contribution in [3.63, 3.8) is 0 Å². The molecular weight excluding hydrogens is 279 g/mol. The molecule has 0 aliphatic carbocycles. The molecule has 0 saturated carbocycles. The van der Waals surface area contributed by atoms with Gasteiger partial charge in [0.25, 0.3) is 0 Å². The molecule has 0 aliphatic heterocycles. The van der Waals surface area contributed by atoms with E-state index in [0.29, 0.717) is 12.0 Å². The van der Waals surface area contributed by atoms with Crippen LogP contribution in [-0.4, -0.2) is 19.3 Å². The summed E-state index contributed by atoms with van der Waals surface area (Å²) in [7, 11) is 1.64. The van der Waals surface area contributed by atoms with Crippen molar-refractivity contribution in [1.82, 2.24) is 5.32 Å². The van der Waals surface area contributed by atoms with Gasteiger partial charge in [-0.25, -0.2) is 0 Å². The maximum Gasteiger partial charge on any atom is 0.416 e. The van der Waals surface area contributed by atoms with Crippen LogP contribution >= 0.6 is 0 Å². The van der Waals surface area contributed by atoms with Gasteiger partial charge >= 0.3 is 6.18 Å². The quantitative estimate of drug-likeness (QED) is 0.836. The predicted octanol–water partition coefficient (Wildman–Crippen LogP) is 4.48. The average Bonchev–Trinajstić information content (AvgIpc) is 2.37. The Morgan fingerprint density at radius 1 is 1.24 bits per heavy atom. The maximum absolute atomic E-state index is 12.7. The van der Waals surface area contributed by atoms with E-state index >= 15 is 0 Å². The number of nitrogens with one attached hydrogen (secondary N) is 1. The number of alkyl halides is 3. The van der Waals surface area contributed by atoms with Crippen molar-refractivity contribution < 1.29 is 17.9 Å². The van der Waals surface area contributed by atoms with Gasteiger partial charge in [-0.2, -0.15) is 13.2 Å². The molecule has 0 aromatic heterocycles. The normalized spacial score (nSPS) is 14.3. The highest BCUT2D eigenvalue weighted by Crippen LogP contribution is 2.33. The highest BCUT2D eigenvalue weighted by Gasteiger charge is 2.31. The molecule has 1 unspecified atom stereocenters. The molecular formula is C16H24F3NO. The second-order valence-electron chi connectivity index (χ2n) is 5.85. The third kappa shape index (κ3) is 5.00. The number of rotatable bonds is 6. The van der Waals surface area contributed by atoms with Crippen molar-refractivity contribution in [3.8, 4) is 0 Å². The lowest BCUT2D eigenvalue weighted by molar-refractivity contribution is -0.137. The van der Waals surface area contributed by atoms with E-state index in [1.54, 1.807) is 20.1 Å². The van der Waals surface area contributed by atoms with E-state index in [1.165, 1.54) is 6.07 Å². The molecule has 120 valence electrons. The minimum atomic E-state index is -4.30. The van der Waals surface area contributed by atoms with Gasteiger partial charge in [0.2, 0.25) is 0 Å². The summed E-state index contributed by atoms with van der Waals surface area (Å²) in [6.45, 7) is 8.37. The number of hydrogen-bond donors (Lipinski definition) is 1. The molecule has 0 aliphatic rings. The van der Waals surface area contributed by atoms with Gasteiger partial charge in [0.15, 0.2) is 0 Å². The lowest BCUT2D eigenvalue weighted by Crippen LogP contribution is -2.32. The SMILES string of the molecule is CCNC(CC(C)(C)OC)c1ccc(C(F)(F)F)cc1C. The van der Waals surface area contributed by atoms with Crippen LogP contribution < -0.4 is 5.32 Å². The van der Waals surface area contributed by atoms with Gasteiger partial charge in [-0.05, 0) is 57.0 Å². The van der Waals surface area contributed by atoms with E-state index in [2.05, 4.69) is 5.32 Å². The van der Waals surface area contributed by atoms with Gasteiger partial charge in [-0.1, -0.05) is 13.0 Å². The highest BCUT2D eigenvalue weighted by atomic mass is 19.4. The van der Waals surface area contributed by atoms with Crippen LogP contribution in [0.3, 0.4) is 0 Å². The van der Waals surface area contributed by atoms with Gasteiger partial charge in [-0.15, -0.1) is 0 Å². The van der Waals surface area contributed by atoms with E-state index in [0.717, 1.165) is 18.2 Å². The number of benzene rings is 1. The summed E-state index contributed by atoms with van der Waals surface area (Å²) in [5, 5.41) is 3.33. The summed E-state index contributed by atoms with van der Waals surface area (Å²) < 4.78 is 43.7. The molecule has 1 aromatic rings. The molecule has 0 radical (unpaired) electrons. The highest BCUT2D eigenvalue weighted by molar-refractivity contribution is 5.34. The van der Waals surface area contributed by atoms with Crippen LogP contribution in [-0.2, 0) is 10.9 Å². The Labute approximate surface area is 124 Å². The van der Waals surface area contributed by atoms with E-state index in [9.17, 15) is 13.2 Å². The van der Waals surface area contributed by atoms with Crippen LogP contribution in [0.25, 0.3) is 0 Å². The van der Waals surface area contributed by atoms with E-state index in [-0.39, 0.29) is 11.6 Å². The Bertz CT molecular complexity index is 469. The first kappa shape index (κ1) is 18.0. The van der Waals surface area contributed by atoms with Crippen molar-refractivity contribution in [2.45, 2.75) is 51.9 Å². The van der Waals surface area contributed by atoms with Gasteiger partial charge in [-0.3, -0.25) is 0 Å². The predicted molar refractivity (Wildman–Crippen MR) is 78.3 cm³/mol. The lowest BCUT2D eigenvalue weighted by Gasteiger charge is -2.30. The van der Waals surface area contributed by atoms with Crippen LogP contribution in [0.4, 0.5) is 13.2 Å². The monoisotopic (exact) mass is 303 g/mol. The van der Waals surface area contributed by atoms with Crippen LogP contribution in [0.2, 0.25) is 0 Å². The summed E-state index contributed by atoms with van der Waals surface area (Å²) in [5.41, 5.74) is 0.574. The minimum Gasteiger partial charge on any atom is -0.379 e. The Morgan fingerprint density at radius 2 is 1.86 bits per heavy atom. The Hall–Kier alpha value is -1.07. The summed E-state index contributed by atoms with van der Waals surface area (Å²) >= 11 is 0. The molecule has 1 aromatic carbocycles. The molecule has 0 spiro atoms. The molecule has 2 nitrogen and oxygen atoms in total. The zero-order valence-electron chi connectivity index (χ0n) is 13.3. The standard InChI is InChI=1S/C16H24F3NO/c1-6-20-14(10-15(3,4)21-5)13-8-7-12(9-11(13)2)16(17,18)19/h7-9,14,20H,6,10H2,1-5H3. The minimum absolute atomic E-state index is 0.0350. The summed E-state index contributed by atoms with van der Waals surface area (Å²) in [6, 6.07) is 3.88. The zero-order valence-corrected chi connectivity index (χ0v) is 13.3. The fraction of sp³-hybridized carbons (Fsp3) is 0.625. The molecule has 21 heavy (non-hydrogen) atoms.